The van der Waals surface area contributed by atoms with E-state index in [9.17, 15) is 4.79 Å². The molecule has 1 aliphatic carbocycles. The summed E-state index contributed by atoms with van der Waals surface area (Å²) in [6.07, 6.45) is -0.309. The summed E-state index contributed by atoms with van der Waals surface area (Å²) < 4.78 is 5.16. The van der Waals surface area contributed by atoms with Gasteiger partial charge in [-0.2, -0.15) is 0 Å². The molecule has 4 heteroatoms. The Balaban J connectivity index is 1.35. The van der Waals surface area contributed by atoms with Gasteiger partial charge in [0.05, 0.1) is 0 Å². The number of carbonyl (C=O) groups excluding carboxylic acids is 1. The third kappa shape index (κ3) is 2.48. The summed E-state index contributed by atoms with van der Waals surface area (Å²) >= 11 is 0. The van der Waals surface area contributed by atoms with E-state index in [1.165, 1.54) is 0 Å². The Labute approximate surface area is 107 Å². The fourth-order valence-corrected chi connectivity index (χ4v) is 2.82. The Morgan fingerprint density at radius 2 is 2.00 bits per heavy atom. The molecule has 4 nitrogen and oxygen atoms in total. The van der Waals surface area contributed by atoms with E-state index in [1.54, 1.807) is 0 Å². The number of piperidine rings is 1. The SMILES string of the molecule is O=C(NCC1[C@H]2CNC[C@@H]12)OCc1ccccc1. The molecular weight excluding hydrogens is 228 g/mol. The van der Waals surface area contributed by atoms with E-state index < -0.39 is 0 Å². The van der Waals surface area contributed by atoms with Gasteiger partial charge in [-0.25, -0.2) is 4.79 Å². The molecule has 1 amide bonds. The largest absolute Gasteiger partial charge is 0.445 e. The number of alkyl carbamates (subject to hydrolysis) is 1. The van der Waals surface area contributed by atoms with Crippen LogP contribution in [0.4, 0.5) is 4.79 Å². The van der Waals surface area contributed by atoms with Crippen LogP contribution in [-0.2, 0) is 11.3 Å². The Kier molecular flexibility index (Phi) is 3.19. The van der Waals surface area contributed by atoms with Crippen molar-refractivity contribution >= 4 is 6.09 Å². The number of hydrogen-bond donors (Lipinski definition) is 2. The standard InChI is InChI=1S/C14H18N2O2/c17-14(18-9-10-4-2-1-3-5-10)16-8-13-11-6-15-7-12(11)13/h1-5,11-13,15H,6-9H2,(H,16,17)/t11-,12+,13?. The monoisotopic (exact) mass is 246 g/mol. The molecule has 1 aromatic rings. The fourth-order valence-electron chi connectivity index (χ4n) is 2.82. The second kappa shape index (κ2) is 4.98. The van der Waals surface area contributed by atoms with Gasteiger partial charge >= 0.3 is 6.09 Å². The minimum atomic E-state index is -0.309. The number of fused-ring (bicyclic) bond motifs is 1. The highest BCUT2D eigenvalue weighted by atomic mass is 16.5. The zero-order valence-corrected chi connectivity index (χ0v) is 10.3. The van der Waals surface area contributed by atoms with Crippen molar-refractivity contribution in [2.24, 2.45) is 17.8 Å². The van der Waals surface area contributed by atoms with E-state index in [4.69, 9.17) is 4.74 Å². The van der Waals surface area contributed by atoms with Gasteiger partial charge in [-0.1, -0.05) is 30.3 Å². The van der Waals surface area contributed by atoms with E-state index >= 15 is 0 Å². The van der Waals surface area contributed by atoms with Crippen LogP contribution in [-0.4, -0.2) is 25.7 Å². The molecule has 2 N–H and O–H groups in total. The lowest BCUT2D eigenvalue weighted by Gasteiger charge is -2.08. The van der Waals surface area contributed by atoms with Crippen LogP contribution in [0.3, 0.4) is 0 Å². The van der Waals surface area contributed by atoms with Crippen LogP contribution in [0.1, 0.15) is 5.56 Å². The van der Waals surface area contributed by atoms with E-state index in [2.05, 4.69) is 10.6 Å². The number of carbonyl (C=O) groups is 1. The molecule has 1 heterocycles. The molecule has 96 valence electrons. The summed E-state index contributed by atoms with van der Waals surface area (Å²) in [6.45, 7) is 3.31. The summed E-state index contributed by atoms with van der Waals surface area (Å²) in [6, 6.07) is 9.72. The molecule has 3 rings (SSSR count). The topological polar surface area (TPSA) is 50.4 Å². The predicted molar refractivity (Wildman–Crippen MR) is 68.0 cm³/mol. The second-order valence-corrected chi connectivity index (χ2v) is 5.09. The minimum Gasteiger partial charge on any atom is -0.445 e. The molecule has 2 aliphatic rings. The van der Waals surface area contributed by atoms with Crippen molar-refractivity contribution in [2.45, 2.75) is 6.61 Å². The molecule has 0 spiro atoms. The van der Waals surface area contributed by atoms with Crippen molar-refractivity contribution in [3.63, 3.8) is 0 Å². The summed E-state index contributed by atoms with van der Waals surface area (Å²) in [5.41, 5.74) is 1.01. The Bertz CT molecular complexity index is 411. The van der Waals surface area contributed by atoms with Gasteiger partial charge in [-0.05, 0) is 36.4 Å². The highest BCUT2D eigenvalue weighted by Gasteiger charge is 2.52. The Morgan fingerprint density at radius 1 is 1.28 bits per heavy atom. The lowest BCUT2D eigenvalue weighted by molar-refractivity contribution is 0.139. The number of nitrogens with one attached hydrogen (secondary N) is 2. The molecule has 1 saturated carbocycles. The average Bonchev–Trinajstić information content (AvgIpc) is 2.84. The van der Waals surface area contributed by atoms with Crippen LogP contribution in [0.25, 0.3) is 0 Å². The fraction of sp³-hybridized carbons (Fsp3) is 0.500. The van der Waals surface area contributed by atoms with Crippen LogP contribution >= 0.6 is 0 Å². The number of benzene rings is 1. The van der Waals surface area contributed by atoms with Gasteiger partial charge in [-0.3, -0.25) is 0 Å². The van der Waals surface area contributed by atoms with Crippen LogP contribution in [0.5, 0.6) is 0 Å². The zero-order valence-electron chi connectivity index (χ0n) is 10.3. The van der Waals surface area contributed by atoms with Gasteiger partial charge in [-0.15, -0.1) is 0 Å². The summed E-state index contributed by atoms with van der Waals surface area (Å²) in [4.78, 5) is 11.5. The van der Waals surface area contributed by atoms with Crippen molar-refractivity contribution < 1.29 is 9.53 Å². The first-order valence-electron chi connectivity index (χ1n) is 6.50. The zero-order chi connectivity index (χ0) is 12.4. The van der Waals surface area contributed by atoms with Crippen molar-refractivity contribution in [3.05, 3.63) is 35.9 Å². The van der Waals surface area contributed by atoms with Gasteiger partial charge in [0, 0.05) is 6.54 Å². The maximum absolute atomic E-state index is 11.5. The summed E-state index contributed by atoms with van der Waals surface area (Å²) in [5.74, 6) is 2.22. The molecule has 0 radical (unpaired) electrons. The molecule has 2 fully saturated rings. The molecule has 1 aromatic carbocycles. The van der Waals surface area contributed by atoms with Gasteiger partial charge in [0.25, 0.3) is 0 Å². The maximum Gasteiger partial charge on any atom is 0.407 e. The molecule has 1 aliphatic heterocycles. The van der Waals surface area contributed by atoms with E-state index in [0.29, 0.717) is 12.5 Å². The van der Waals surface area contributed by atoms with Crippen molar-refractivity contribution in [2.75, 3.05) is 19.6 Å². The quantitative estimate of drug-likeness (QED) is 0.844. The maximum atomic E-state index is 11.5. The van der Waals surface area contributed by atoms with Crippen LogP contribution in [0.2, 0.25) is 0 Å². The van der Waals surface area contributed by atoms with Crippen LogP contribution in [0, 0.1) is 17.8 Å². The van der Waals surface area contributed by atoms with Gasteiger partial charge < -0.3 is 15.4 Å². The van der Waals surface area contributed by atoms with Crippen LogP contribution < -0.4 is 10.6 Å². The van der Waals surface area contributed by atoms with Crippen molar-refractivity contribution in [1.82, 2.24) is 10.6 Å². The summed E-state index contributed by atoms with van der Waals surface area (Å²) in [7, 11) is 0. The third-order valence-electron chi connectivity index (χ3n) is 3.96. The molecule has 0 aromatic heterocycles. The molecule has 0 bridgehead atoms. The lowest BCUT2D eigenvalue weighted by atomic mass is 10.2. The van der Waals surface area contributed by atoms with Gasteiger partial charge in [0.1, 0.15) is 6.61 Å². The normalized spacial score (nSPS) is 28.6. The molecular formula is C14H18N2O2. The van der Waals surface area contributed by atoms with Crippen molar-refractivity contribution in [1.29, 1.82) is 0 Å². The third-order valence-corrected chi connectivity index (χ3v) is 3.96. The lowest BCUT2D eigenvalue weighted by Crippen LogP contribution is -2.29. The Morgan fingerprint density at radius 3 is 2.72 bits per heavy atom. The van der Waals surface area contributed by atoms with Crippen molar-refractivity contribution in [3.8, 4) is 0 Å². The number of ether oxygens (including phenoxy) is 1. The summed E-state index contributed by atoms with van der Waals surface area (Å²) in [5, 5.41) is 6.20. The van der Waals surface area contributed by atoms with Gasteiger partial charge in [0.2, 0.25) is 0 Å². The molecule has 1 unspecified atom stereocenters. The molecule has 1 saturated heterocycles. The highest BCUT2D eigenvalue weighted by Crippen LogP contribution is 2.47. The Hall–Kier alpha value is -1.55. The van der Waals surface area contributed by atoms with E-state index in [-0.39, 0.29) is 6.09 Å². The smallest absolute Gasteiger partial charge is 0.407 e. The molecule has 18 heavy (non-hydrogen) atoms. The minimum absolute atomic E-state index is 0.309. The number of amides is 1. The average molecular weight is 246 g/mol. The van der Waals surface area contributed by atoms with Crippen LogP contribution in [0.15, 0.2) is 30.3 Å². The second-order valence-electron chi connectivity index (χ2n) is 5.09. The van der Waals surface area contributed by atoms with E-state index in [1.807, 2.05) is 30.3 Å². The predicted octanol–water partition coefficient (Wildman–Crippen LogP) is 1.38. The first-order valence-corrected chi connectivity index (χ1v) is 6.50. The van der Waals surface area contributed by atoms with E-state index in [0.717, 1.165) is 37.0 Å². The first-order chi connectivity index (χ1) is 8.84. The first kappa shape index (κ1) is 11.5. The number of hydrogen-bond acceptors (Lipinski definition) is 3. The number of rotatable bonds is 4. The van der Waals surface area contributed by atoms with Gasteiger partial charge in [0.15, 0.2) is 0 Å². The molecule has 3 atom stereocenters. The highest BCUT2D eigenvalue weighted by molar-refractivity contribution is 5.67.